The molecule has 0 aromatic heterocycles. The fourth-order valence-electron chi connectivity index (χ4n) is 4.84. The molecular weight excluding hydrogens is 304 g/mol. The number of hydrogen-bond donors (Lipinski definition) is 2. The summed E-state index contributed by atoms with van der Waals surface area (Å²) in [6.45, 7) is 10.2. The standard InChI is InChI=1S/C20H28O4/c1-12-5-6-14-7-8-16-17(19(14,3)4)20(23,24-18(16)22)11-13(2)10-15(21)9-12/h10,14-15,21,23H,1,5-9,11H2,2-4H3/b13-10+/t14-,15+,20+/m1/s1. The molecule has 0 saturated heterocycles. The number of esters is 1. The van der Waals surface area contributed by atoms with Gasteiger partial charge in [-0.3, -0.25) is 0 Å². The van der Waals surface area contributed by atoms with Crippen LogP contribution in [-0.4, -0.2) is 28.1 Å². The van der Waals surface area contributed by atoms with Crippen molar-refractivity contribution in [1.29, 1.82) is 0 Å². The van der Waals surface area contributed by atoms with E-state index in [9.17, 15) is 15.0 Å². The van der Waals surface area contributed by atoms with Gasteiger partial charge in [0.25, 0.3) is 0 Å². The minimum Gasteiger partial charge on any atom is -0.425 e. The molecule has 1 heterocycles. The van der Waals surface area contributed by atoms with Crippen LogP contribution in [0.1, 0.15) is 59.3 Å². The Hall–Kier alpha value is -1.39. The second kappa shape index (κ2) is 5.85. The van der Waals surface area contributed by atoms with Gasteiger partial charge in [-0.2, -0.15) is 0 Å². The Morgan fingerprint density at radius 3 is 2.67 bits per heavy atom. The minimum absolute atomic E-state index is 0.206. The van der Waals surface area contributed by atoms with Crippen molar-refractivity contribution in [2.75, 3.05) is 0 Å². The smallest absolute Gasteiger partial charge is 0.336 e. The molecule has 0 amide bonds. The predicted molar refractivity (Wildman–Crippen MR) is 91.9 cm³/mol. The van der Waals surface area contributed by atoms with Crippen LogP contribution < -0.4 is 0 Å². The van der Waals surface area contributed by atoms with Gasteiger partial charge in [0.15, 0.2) is 0 Å². The lowest BCUT2D eigenvalue weighted by molar-refractivity contribution is -0.184. The van der Waals surface area contributed by atoms with Gasteiger partial charge in [-0.1, -0.05) is 37.6 Å². The molecule has 2 N–H and O–H groups in total. The number of hydrogen-bond acceptors (Lipinski definition) is 4. The molecule has 1 aliphatic heterocycles. The Morgan fingerprint density at radius 1 is 1.29 bits per heavy atom. The maximum Gasteiger partial charge on any atom is 0.336 e. The van der Waals surface area contributed by atoms with Crippen molar-refractivity contribution in [2.24, 2.45) is 11.3 Å². The fourth-order valence-corrected chi connectivity index (χ4v) is 4.84. The maximum absolute atomic E-state index is 12.3. The van der Waals surface area contributed by atoms with E-state index < -0.39 is 11.9 Å². The Kier molecular flexibility index (Phi) is 4.25. The molecule has 132 valence electrons. The van der Waals surface area contributed by atoms with Crippen molar-refractivity contribution < 1.29 is 19.7 Å². The van der Waals surface area contributed by atoms with E-state index in [2.05, 4.69) is 20.4 Å². The van der Waals surface area contributed by atoms with Crippen molar-refractivity contribution in [2.45, 2.75) is 71.2 Å². The predicted octanol–water partition coefficient (Wildman–Crippen LogP) is 3.40. The molecule has 2 aliphatic carbocycles. The third-order valence-corrected chi connectivity index (χ3v) is 5.95. The summed E-state index contributed by atoms with van der Waals surface area (Å²) in [5, 5.41) is 21.4. The number of rotatable bonds is 0. The van der Waals surface area contributed by atoms with Crippen LogP contribution in [0, 0.1) is 11.3 Å². The molecular formula is C20H28O4. The molecule has 4 heteroatoms. The van der Waals surface area contributed by atoms with Gasteiger partial charge >= 0.3 is 5.97 Å². The summed E-state index contributed by atoms with van der Waals surface area (Å²) < 4.78 is 5.45. The maximum atomic E-state index is 12.3. The Morgan fingerprint density at radius 2 is 1.96 bits per heavy atom. The molecule has 3 aliphatic rings. The highest BCUT2D eigenvalue weighted by Crippen LogP contribution is 2.55. The van der Waals surface area contributed by atoms with Gasteiger partial charge in [-0.25, -0.2) is 4.79 Å². The van der Waals surface area contributed by atoms with Gasteiger partial charge in [0.2, 0.25) is 5.79 Å². The van der Waals surface area contributed by atoms with Gasteiger partial charge in [0.1, 0.15) is 0 Å². The highest BCUT2D eigenvalue weighted by molar-refractivity contribution is 5.93. The number of carbonyl (C=O) groups is 1. The molecule has 3 rings (SSSR count). The monoisotopic (exact) mass is 332 g/mol. The van der Waals surface area contributed by atoms with E-state index in [1.54, 1.807) is 6.08 Å². The zero-order chi connectivity index (χ0) is 17.7. The van der Waals surface area contributed by atoms with Crippen LogP contribution in [0.25, 0.3) is 0 Å². The molecule has 0 saturated carbocycles. The van der Waals surface area contributed by atoms with Crippen LogP contribution in [0.4, 0.5) is 0 Å². The van der Waals surface area contributed by atoms with Crippen LogP contribution in [0.3, 0.4) is 0 Å². The van der Waals surface area contributed by atoms with Crippen molar-refractivity contribution in [3.8, 4) is 0 Å². The Balaban J connectivity index is 2.09. The fraction of sp³-hybridized carbons (Fsp3) is 0.650. The Labute approximate surface area is 143 Å². The van der Waals surface area contributed by atoms with Crippen LogP contribution >= 0.6 is 0 Å². The summed E-state index contributed by atoms with van der Waals surface area (Å²) in [7, 11) is 0. The molecule has 2 bridgehead atoms. The van der Waals surface area contributed by atoms with Gasteiger partial charge in [-0.05, 0) is 50.4 Å². The first kappa shape index (κ1) is 17.4. The van der Waals surface area contributed by atoms with Crippen molar-refractivity contribution in [3.63, 3.8) is 0 Å². The lowest BCUT2D eigenvalue weighted by Gasteiger charge is -2.44. The molecule has 24 heavy (non-hydrogen) atoms. The normalized spacial score (nSPS) is 38.8. The first-order chi connectivity index (χ1) is 11.1. The Bertz CT molecular complexity index is 640. The summed E-state index contributed by atoms with van der Waals surface area (Å²) in [4.78, 5) is 12.3. The first-order valence-electron chi connectivity index (χ1n) is 8.85. The molecule has 0 fully saturated rings. The molecule has 0 radical (unpaired) electrons. The summed E-state index contributed by atoms with van der Waals surface area (Å²) >= 11 is 0. The zero-order valence-corrected chi connectivity index (χ0v) is 14.9. The second-order valence-electron chi connectivity index (χ2n) is 8.23. The molecule has 0 aromatic carbocycles. The zero-order valence-electron chi connectivity index (χ0n) is 14.9. The first-order valence-corrected chi connectivity index (χ1v) is 8.85. The summed E-state index contributed by atoms with van der Waals surface area (Å²) in [6.07, 6.45) is 5.26. The topological polar surface area (TPSA) is 66.8 Å². The van der Waals surface area contributed by atoms with E-state index in [-0.39, 0.29) is 17.8 Å². The summed E-state index contributed by atoms with van der Waals surface area (Å²) in [5.41, 5.74) is 2.98. The average molecular weight is 332 g/mol. The average Bonchev–Trinajstić information content (AvgIpc) is 2.67. The number of ether oxygens (including phenoxy) is 1. The summed E-state index contributed by atoms with van der Waals surface area (Å²) in [5.74, 6) is -1.60. The second-order valence-corrected chi connectivity index (χ2v) is 8.23. The van der Waals surface area contributed by atoms with E-state index in [4.69, 9.17) is 4.74 Å². The van der Waals surface area contributed by atoms with E-state index in [0.29, 0.717) is 24.3 Å². The van der Waals surface area contributed by atoms with E-state index in [1.165, 1.54) is 0 Å². The molecule has 0 aromatic rings. The largest absolute Gasteiger partial charge is 0.425 e. The minimum atomic E-state index is -1.58. The third-order valence-electron chi connectivity index (χ3n) is 5.95. The summed E-state index contributed by atoms with van der Waals surface area (Å²) in [6, 6.07) is 0. The lowest BCUT2D eigenvalue weighted by Crippen LogP contribution is -2.42. The van der Waals surface area contributed by atoms with Gasteiger partial charge in [0.05, 0.1) is 6.10 Å². The molecule has 4 nitrogen and oxygen atoms in total. The molecule has 0 spiro atoms. The highest BCUT2D eigenvalue weighted by Gasteiger charge is 2.55. The van der Waals surface area contributed by atoms with Gasteiger partial charge < -0.3 is 14.9 Å². The SMILES string of the molecule is C=C1CC[C@@H]2CCC3=C(C2(C)C)[C@](O)(C/C(C)=C/[C@@H](O)C1)OC3=O. The van der Waals surface area contributed by atoms with Crippen LogP contribution in [-0.2, 0) is 9.53 Å². The number of carbonyl (C=O) groups excluding carboxylic acids is 1. The van der Waals surface area contributed by atoms with E-state index >= 15 is 0 Å². The van der Waals surface area contributed by atoms with Gasteiger partial charge in [0, 0.05) is 17.6 Å². The third kappa shape index (κ3) is 2.86. The highest BCUT2D eigenvalue weighted by atomic mass is 16.7. The quantitative estimate of drug-likeness (QED) is 0.527. The number of aliphatic hydroxyl groups excluding tert-OH is 1. The molecule has 0 unspecified atom stereocenters. The molecule has 3 atom stereocenters. The van der Waals surface area contributed by atoms with Crippen LogP contribution in [0.15, 0.2) is 34.9 Å². The van der Waals surface area contributed by atoms with Crippen LogP contribution in [0.2, 0.25) is 0 Å². The van der Waals surface area contributed by atoms with Crippen molar-refractivity contribution in [3.05, 3.63) is 34.9 Å². The van der Waals surface area contributed by atoms with E-state index in [1.807, 2.05) is 6.92 Å². The van der Waals surface area contributed by atoms with Crippen molar-refractivity contribution in [1.82, 2.24) is 0 Å². The van der Waals surface area contributed by atoms with E-state index in [0.717, 1.165) is 36.0 Å². The lowest BCUT2D eigenvalue weighted by atomic mass is 9.61. The number of aliphatic hydroxyl groups is 2. The van der Waals surface area contributed by atoms with Crippen molar-refractivity contribution >= 4 is 5.97 Å². The van der Waals surface area contributed by atoms with Crippen LogP contribution in [0.5, 0.6) is 0 Å². The number of fused-ring (bicyclic) bond motifs is 1. The van der Waals surface area contributed by atoms with Gasteiger partial charge in [-0.15, -0.1) is 0 Å².